The second-order valence-electron chi connectivity index (χ2n) is 6.35. The third-order valence-corrected chi connectivity index (χ3v) is 4.19. The normalized spacial score (nSPS) is 14.6. The first kappa shape index (κ1) is 15.4. The number of anilines is 1. The maximum atomic E-state index is 3.58. The van der Waals surface area contributed by atoms with E-state index in [0.29, 0.717) is 0 Å². The number of benzene rings is 1. The first-order valence-electron chi connectivity index (χ1n) is 8.18. The highest BCUT2D eigenvalue weighted by atomic mass is 15.1. The fourth-order valence-corrected chi connectivity index (χ4v) is 2.78. The lowest BCUT2D eigenvalue weighted by Crippen LogP contribution is -2.20. The topological polar surface area (TPSA) is 15.3 Å². The van der Waals surface area contributed by atoms with Crippen molar-refractivity contribution in [1.29, 1.82) is 0 Å². The van der Waals surface area contributed by atoms with Crippen LogP contribution < -0.4 is 10.2 Å². The molecule has 0 saturated heterocycles. The molecule has 1 aromatic carbocycles. The molecule has 1 saturated carbocycles. The van der Waals surface area contributed by atoms with E-state index in [1.54, 1.807) is 0 Å². The van der Waals surface area contributed by atoms with E-state index in [0.717, 1.165) is 6.04 Å². The summed E-state index contributed by atoms with van der Waals surface area (Å²) in [6, 6.07) is 7.60. The average Bonchev–Trinajstić information content (AvgIpc) is 3.21. The van der Waals surface area contributed by atoms with E-state index in [1.165, 1.54) is 68.4 Å². The van der Waals surface area contributed by atoms with Crippen LogP contribution in [0.2, 0.25) is 0 Å². The maximum Gasteiger partial charge on any atom is 0.0393 e. The van der Waals surface area contributed by atoms with E-state index in [1.807, 2.05) is 0 Å². The summed E-state index contributed by atoms with van der Waals surface area (Å²) in [5.74, 6) is 0. The van der Waals surface area contributed by atoms with Crippen molar-refractivity contribution in [3.8, 4) is 0 Å². The molecule has 0 amide bonds. The minimum atomic E-state index is 0.866. The van der Waals surface area contributed by atoms with E-state index in [4.69, 9.17) is 0 Å². The number of rotatable bonds is 9. The summed E-state index contributed by atoms with van der Waals surface area (Å²) in [5, 5.41) is 3.58. The molecule has 1 aromatic rings. The predicted octanol–water partition coefficient (Wildman–Crippen LogP) is 4.05. The molecule has 1 aliphatic carbocycles. The van der Waals surface area contributed by atoms with Gasteiger partial charge in [-0.3, -0.25) is 0 Å². The quantitative estimate of drug-likeness (QED) is 0.683. The molecule has 112 valence electrons. The Hall–Kier alpha value is -1.02. The minimum absolute atomic E-state index is 0.866. The fourth-order valence-electron chi connectivity index (χ4n) is 2.78. The summed E-state index contributed by atoms with van der Waals surface area (Å²) in [6.45, 7) is 6.76. The monoisotopic (exact) mass is 274 g/mol. The molecule has 0 heterocycles. The molecule has 0 unspecified atom stereocenters. The van der Waals surface area contributed by atoms with E-state index in [-0.39, 0.29) is 0 Å². The second kappa shape index (κ2) is 7.68. The van der Waals surface area contributed by atoms with Crippen LogP contribution in [0.15, 0.2) is 18.2 Å². The third-order valence-electron chi connectivity index (χ3n) is 4.19. The zero-order valence-corrected chi connectivity index (χ0v) is 13.4. The summed E-state index contributed by atoms with van der Waals surface area (Å²) in [4.78, 5) is 2.40. The molecule has 2 nitrogen and oxygen atoms in total. The van der Waals surface area contributed by atoms with Gasteiger partial charge in [0.25, 0.3) is 0 Å². The Morgan fingerprint density at radius 3 is 2.55 bits per heavy atom. The Bertz CT molecular complexity index is 410. The SMILES string of the molecule is Cc1ccc(N(C)CCCCCCNC2CC2)c(C)c1. The Morgan fingerprint density at radius 2 is 1.85 bits per heavy atom. The number of unbranched alkanes of at least 4 members (excludes halogenated alkanes) is 3. The smallest absolute Gasteiger partial charge is 0.0393 e. The summed E-state index contributed by atoms with van der Waals surface area (Å²) in [6.07, 6.45) is 8.15. The molecule has 0 spiro atoms. The molecule has 1 aliphatic rings. The molecule has 0 bridgehead atoms. The van der Waals surface area contributed by atoms with Crippen LogP contribution in [0.3, 0.4) is 0 Å². The first-order valence-corrected chi connectivity index (χ1v) is 8.18. The van der Waals surface area contributed by atoms with Crippen molar-refractivity contribution < 1.29 is 0 Å². The highest BCUT2D eigenvalue weighted by molar-refractivity contribution is 5.53. The van der Waals surface area contributed by atoms with Crippen molar-refractivity contribution in [3.63, 3.8) is 0 Å². The Labute approximate surface area is 124 Å². The molecule has 0 radical (unpaired) electrons. The molecule has 0 aromatic heterocycles. The zero-order chi connectivity index (χ0) is 14.4. The highest BCUT2D eigenvalue weighted by Crippen LogP contribution is 2.20. The Balaban J connectivity index is 1.58. The average molecular weight is 274 g/mol. The van der Waals surface area contributed by atoms with Gasteiger partial charge in [0.05, 0.1) is 0 Å². The predicted molar refractivity (Wildman–Crippen MR) is 88.7 cm³/mol. The van der Waals surface area contributed by atoms with Crippen LogP contribution in [0.4, 0.5) is 5.69 Å². The number of nitrogens with zero attached hydrogens (tertiary/aromatic N) is 1. The fraction of sp³-hybridized carbons (Fsp3) is 0.667. The Kier molecular flexibility index (Phi) is 5.90. The van der Waals surface area contributed by atoms with Crippen LogP contribution >= 0.6 is 0 Å². The highest BCUT2D eigenvalue weighted by Gasteiger charge is 2.19. The third kappa shape index (κ3) is 5.16. The van der Waals surface area contributed by atoms with Gasteiger partial charge in [0, 0.05) is 25.3 Å². The maximum absolute atomic E-state index is 3.58. The van der Waals surface area contributed by atoms with Gasteiger partial charge in [-0.05, 0) is 57.7 Å². The lowest BCUT2D eigenvalue weighted by atomic mass is 10.1. The van der Waals surface area contributed by atoms with Crippen molar-refractivity contribution in [2.45, 2.75) is 58.4 Å². The molecule has 2 rings (SSSR count). The molecular weight excluding hydrogens is 244 g/mol. The molecule has 0 atom stereocenters. The van der Waals surface area contributed by atoms with Gasteiger partial charge in [0.1, 0.15) is 0 Å². The summed E-state index contributed by atoms with van der Waals surface area (Å²) in [7, 11) is 2.21. The first-order chi connectivity index (χ1) is 9.66. The van der Waals surface area contributed by atoms with Crippen LogP contribution in [-0.4, -0.2) is 26.2 Å². The summed E-state index contributed by atoms with van der Waals surface area (Å²) in [5.41, 5.74) is 4.12. The van der Waals surface area contributed by atoms with E-state index in [2.05, 4.69) is 49.3 Å². The van der Waals surface area contributed by atoms with Gasteiger partial charge in [-0.1, -0.05) is 30.5 Å². The van der Waals surface area contributed by atoms with Crippen molar-refractivity contribution in [2.75, 3.05) is 25.0 Å². The largest absolute Gasteiger partial charge is 0.374 e. The molecule has 2 heteroatoms. The van der Waals surface area contributed by atoms with Crippen LogP contribution in [-0.2, 0) is 0 Å². The number of aryl methyl sites for hydroxylation is 2. The van der Waals surface area contributed by atoms with Crippen LogP contribution in [0.25, 0.3) is 0 Å². The van der Waals surface area contributed by atoms with Crippen molar-refractivity contribution in [2.24, 2.45) is 0 Å². The Morgan fingerprint density at radius 1 is 1.10 bits per heavy atom. The zero-order valence-electron chi connectivity index (χ0n) is 13.4. The summed E-state index contributed by atoms with van der Waals surface area (Å²) < 4.78 is 0. The van der Waals surface area contributed by atoms with Crippen LogP contribution in [0, 0.1) is 13.8 Å². The van der Waals surface area contributed by atoms with Gasteiger partial charge in [-0.2, -0.15) is 0 Å². The van der Waals surface area contributed by atoms with Gasteiger partial charge < -0.3 is 10.2 Å². The van der Waals surface area contributed by atoms with Crippen molar-refractivity contribution >= 4 is 5.69 Å². The van der Waals surface area contributed by atoms with Crippen LogP contribution in [0.5, 0.6) is 0 Å². The van der Waals surface area contributed by atoms with E-state index in [9.17, 15) is 0 Å². The second-order valence-corrected chi connectivity index (χ2v) is 6.35. The van der Waals surface area contributed by atoms with E-state index >= 15 is 0 Å². The summed E-state index contributed by atoms with van der Waals surface area (Å²) >= 11 is 0. The van der Waals surface area contributed by atoms with Crippen molar-refractivity contribution in [3.05, 3.63) is 29.3 Å². The number of nitrogens with one attached hydrogen (secondary N) is 1. The van der Waals surface area contributed by atoms with E-state index < -0.39 is 0 Å². The lowest BCUT2D eigenvalue weighted by Gasteiger charge is -2.21. The molecule has 1 fully saturated rings. The number of hydrogen-bond acceptors (Lipinski definition) is 2. The van der Waals surface area contributed by atoms with Gasteiger partial charge in [-0.15, -0.1) is 0 Å². The standard InChI is InChI=1S/C18H30N2/c1-15-8-11-18(16(2)14-15)20(3)13-7-5-4-6-12-19-17-9-10-17/h8,11,14,17,19H,4-7,9-10,12-13H2,1-3H3. The van der Waals surface area contributed by atoms with Crippen LogP contribution in [0.1, 0.15) is 49.7 Å². The number of hydrogen-bond donors (Lipinski definition) is 1. The molecule has 0 aliphatic heterocycles. The minimum Gasteiger partial charge on any atom is -0.374 e. The van der Waals surface area contributed by atoms with Gasteiger partial charge in [-0.25, -0.2) is 0 Å². The van der Waals surface area contributed by atoms with Gasteiger partial charge in [0.15, 0.2) is 0 Å². The molecule has 1 N–H and O–H groups in total. The van der Waals surface area contributed by atoms with Crippen molar-refractivity contribution in [1.82, 2.24) is 5.32 Å². The van der Waals surface area contributed by atoms with Gasteiger partial charge in [0.2, 0.25) is 0 Å². The molecule has 20 heavy (non-hydrogen) atoms. The molecular formula is C18H30N2. The lowest BCUT2D eigenvalue weighted by molar-refractivity contribution is 0.585. The van der Waals surface area contributed by atoms with Gasteiger partial charge >= 0.3 is 0 Å².